The first-order chi connectivity index (χ1) is 13.1. The molecule has 2 aromatic heterocycles. The van der Waals surface area contributed by atoms with Crippen LogP contribution in [0.2, 0.25) is 0 Å². The van der Waals surface area contributed by atoms with Gasteiger partial charge < -0.3 is 9.51 Å². The molecule has 0 amide bonds. The van der Waals surface area contributed by atoms with E-state index in [1.807, 2.05) is 43.3 Å². The van der Waals surface area contributed by atoms with E-state index < -0.39 is 0 Å². The van der Waals surface area contributed by atoms with E-state index in [0.717, 1.165) is 28.6 Å². The summed E-state index contributed by atoms with van der Waals surface area (Å²) in [7, 11) is 0. The highest BCUT2D eigenvalue weighted by molar-refractivity contribution is 5.80. The number of benzene rings is 2. The maximum absolute atomic E-state index is 12.1. The fourth-order valence-corrected chi connectivity index (χ4v) is 3.01. The summed E-state index contributed by atoms with van der Waals surface area (Å²) in [6, 6.07) is 13.9. The van der Waals surface area contributed by atoms with Gasteiger partial charge in [-0.2, -0.15) is 4.98 Å². The molecular formula is C21H20N4O2. The molecule has 0 atom stereocenters. The molecule has 27 heavy (non-hydrogen) atoms. The Morgan fingerprint density at radius 3 is 2.74 bits per heavy atom. The molecule has 0 spiro atoms. The van der Waals surface area contributed by atoms with Gasteiger partial charge in [-0.15, -0.1) is 0 Å². The molecule has 1 N–H and O–H groups in total. The third kappa shape index (κ3) is 3.46. The summed E-state index contributed by atoms with van der Waals surface area (Å²) in [4.78, 5) is 19.4. The smallest absolute Gasteiger partial charge is 0.326 e. The summed E-state index contributed by atoms with van der Waals surface area (Å²) in [6.45, 7) is 4.79. The molecule has 4 rings (SSSR count). The van der Waals surface area contributed by atoms with Crippen molar-refractivity contribution in [2.24, 2.45) is 0 Å². The van der Waals surface area contributed by atoms with Crippen molar-refractivity contribution in [3.05, 3.63) is 70.0 Å². The minimum Gasteiger partial charge on any atom is -0.334 e. The van der Waals surface area contributed by atoms with Crippen molar-refractivity contribution >= 4 is 23.2 Å². The van der Waals surface area contributed by atoms with Crippen LogP contribution in [0.15, 0.2) is 51.8 Å². The highest BCUT2D eigenvalue weighted by Crippen LogP contribution is 2.21. The Balaban J connectivity index is 1.61. The monoisotopic (exact) mass is 360 g/mol. The molecule has 0 saturated heterocycles. The van der Waals surface area contributed by atoms with Crippen LogP contribution in [0.1, 0.15) is 30.4 Å². The van der Waals surface area contributed by atoms with E-state index in [4.69, 9.17) is 4.52 Å². The minimum absolute atomic E-state index is 0.0983. The van der Waals surface area contributed by atoms with E-state index in [1.54, 1.807) is 10.6 Å². The van der Waals surface area contributed by atoms with Crippen molar-refractivity contribution in [3.63, 3.8) is 0 Å². The quantitative estimate of drug-likeness (QED) is 0.577. The van der Waals surface area contributed by atoms with Crippen LogP contribution in [0.4, 0.5) is 0 Å². The number of nitrogens with one attached hydrogen (secondary N) is 1. The van der Waals surface area contributed by atoms with Gasteiger partial charge in [0.25, 0.3) is 5.89 Å². The maximum atomic E-state index is 12.1. The molecule has 6 heteroatoms. The Kier molecular flexibility index (Phi) is 4.46. The molecule has 6 nitrogen and oxygen atoms in total. The van der Waals surface area contributed by atoms with Crippen LogP contribution < -0.4 is 5.69 Å². The van der Waals surface area contributed by atoms with E-state index in [-0.39, 0.29) is 5.69 Å². The van der Waals surface area contributed by atoms with Crippen LogP contribution in [-0.2, 0) is 6.54 Å². The average Bonchev–Trinajstić information content (AvgIpc) is 3.26. The van der Waals surface area contributed by atoms with E-state index in [0.29, 0.717) is 18.3 Å². The van der Waals surface area contributed by atoms with Gasteiger partial charge in [-0.1, -0.05) is 41.9 Å². The first-order valence-electron chi connectivity index (χ1n) is 8.95. The zero-order valence-corrected chi connectivity index (χ0v) is 15.3. The fourth-order valence-electron chi connectivity index (χ4n) is 3.01. The van der Waals surface area contributed by atoms with Crippen LogP contribution in [0.5, 0.6) is 0 Å². The lowest BCUT2D eigenvalue weighted by molar-refractivity contribution is 0.411. The Morgan fingerprint density at radius 2 is 1.96 bits per heavy atom. The molecule has 0 radical (unpaired) electrons. The van der Waals surface area contributed by atoms with Gasteiger partial charge in [-0.25, -0.2) is 4.79 Å². The van der Waals surface area contributed by atoms with Crippen LogP contribution >= 0.6 is 0 Å². The zero-order valence-electron chi connectivity index (χ0n) is 15.3. The number of aromatic nitrogens is 4. The molecular weight excluding hydrogens is 340 g/mol. The number of imidazole rings is 1. The Labute approximate surface area is 156 Å². The highest BCUT2D eigenvalue weighted by atomic mass is 16.5. The van der Waals surface area contributed by atoms with Gasteiger partial charge in [-0.3, -0.25) is 4.57 Å². The second kappa shape index (κ2) is 7.07. The van der Waals surface area contributed by atoms with E-state index >= 15 is 0 Å². The van der Waals surface area contributed by atoms with Crippen LogP contribution in [0, 0.1) is 6.92 Å². The predicted molar refractivity (Wildman–Crippen MR) is 106 cm³/mol. The number of rotatable bonds is 5. The minimum atomic E-state index is -0.0983. The molecule has 0 aliphatic rings. The van der Waals surface area contributed by atoms with Gasteiger partial charge in [0.05, 0.1) is 11.0 Å². The first kappa shape index (κ1) is 17.0. The number of fused-ring (bicyclic) bond motifs is 1. The van der Waals surface area contributed by atoms with Gasteiger partial charge in [0, 0.05) is 18.2 Å². The Morgan fingerprint density at radius 1 is 1.15 bits per heavy atom. The van der Waals surface area contributed by atoms with Crippen molar-refractivity contribution in [2.75, 3.05) is 0 Å². The summed E-state index contributed by atoms with van der Waals surface area (Å²) in [5.41, 5.74) is 4.64. The molecule has 136 valence electrons. The van der Waals surface area contributed by atoms with Crippen LogP contribution in [0.25, 0.3) is 34.6 Å². The molecule has 4 aromatic rings. The highest BCUT2D eigenvalue weighted by Gasteiger charge is 2.11. The van der Waals surface area contributed by atoms with Crippen molar-refractivity contribution in [2.45, 2.75) is 26.8 Å². The van der Waals surface area contributed by atoms with Gasteiger partial charge in [0.2, 0.25) is 5.82 Å². The number of aromatic amines is 1. The second-order valence-electron chi connectivity index (χ2n) is 6.51. The molecule has 0 aliphatic carbocycles. The number of aryl methyl sites for hydroxylation is 2. The standard InChI is InChI=1S/C21H20N4O2/c1-3-12-25-18-10-9-16(13-17(18)22-21(25)26)20-23-19(27-24-20)11-8-15-6-4-14(2)5-7-15/h4-11,13H,3,12H2,1-2H3,(H,22,26). The molecule has 0 aliphatic heterocycles. The fraction of sp³-hybridized carbons (Fsp3) is 0.190. The third-order valence-corrected chi connectivity index (χ3v) is 4.42. The largest absolute Gasteiger partial charge is 0.334 e. The zero-order chi connectivity index (χ0) is 18.8. The lowest BCUT2D eigenvalue weighted by Gasteiger charge is -2.00. The molecule has 2 aromatic carbocycles. The summed E-state index contributed by atoms with van der Waals surface area (Å²) < 4.78 is 7.06. The van der Waals surface area contributed by atoms with E-state index in [1.165, 1.54) is 5.56 Å². The number of hydrogen-bond acceptors (Lipinski definition) is 4. The SMILES string of the molecule is CCCn1c(=O)[nH]c2cc(-c3noc(C=Cc4ccc(C)cc4)n3)ccc21. The van der Waals surface area contributed by atoms with Gasteiger partial charge in [0.15, 0.2) is 0 Å². The molecule has 0 fully saturated rings. The van der Waals surface area contributed by atoms with Gasteiger partial charge in [0.1, 0.15) is 0 Å². The first-order valence-corrected chi connectivity index (χ1v) is 8.95. The molecule has 0 bridgehead atoms. The van der Waals surface area contributed by atoms with Crippen molar-refractivity contribution in [1.82, 2.24) is 19.7 Å². The summed E-state index contributed by atoms with van der Waals surface area (Å²) in [6.07, 6.45) is 4.62. The third-order valence-electron chi connectivity index (χ3n) is 4.42. The number of nitrogens with zero attached hydrogens (tertiary/aromatic N) is 3. The van der Waals surface area contributed by atoms with Gasteiger partial charge in [-0.05, 0) is 43.2 Å². The molecule has 2 heterocycles. The lowest BCUT2D eigenvalue weighted by atomic mass is 10.1. The average molecular weight is 360 g/mol. The van der Waals surface area contributed by atoms with Crippen molar-refractivity contribution < 1.29 is 4.52 Å². The Bertz CT molecular complexity index is 1160. The normalized spacial score (nSPS) is 11.6. The predicted octanol–water partition coefficient (Wildman–Crippen LogP) is 4.27. The number of hydrogen-bond donors (Lipinski definition) is 1. The second-order valence-corrected chi connectivity index (χ2v) is 6.51. The van der Waals surface area contributed by atoms with Crippen molar-refractivity contribution in [1.29, 1.82) is 0 Å². The number of H-pyrrole nitrogens is 1. The topological polar surface area (TPSA) is 76.7 Å². The van der Waals surface area contributed by atoms with Gasteiger partial charge >= 0.3 is 5.69 Å². The van der Waals surface area contributed by atoms with E-state index in [9.17, 15) is 4.79 Å². The molecule has 0 saturated carbocycles. The summed E-state index contributed by atoms with van der Waals surface area (Å²) in [5, 5.41) is 4.05. The summed E-state index contributed by atoms with van der Waals surface area (Å²) >= 11 is 0. The molecule has 0 unspecified atom stereocenters. The lowest BCUT2D eigenvalue weighted by Crippen LogP contribution is -2.16. The summed E-state index contributed by atoms with van der Waals surface area (Å²) in [5.74, 6) is 0.923. The van der Waals surface area contributed by atoms with Crippen molar-refractivity contribution in [3.8, 4) is 11.4 Å². The van der Waals surface area contributed by atoms with E-state index in [2.05, 4.69) is 34.2 Å². The maximum Gasteiger partial charge on any atom is 0.326 e. The Hall–Kier alpha value is -3.41. The van der Waals surface area contributed by atoms with Crippen LogP contribution in [-0.4, -0.2) is 19.7 Å². The van der Waals surface area contributed by atoms with Crippen LogP contribution in [0.3, 0.4) is 0 Å².